The molecule has 0 aliphatic heterocycles. The monoisotopic (exact) mass is 385 g/mol. The molecule has 6 heteroatoms. The number of amides is 1. The van der Waals surface area contributed by atoms with E-state index in [4.69, 9.17) is 0 Å². The fourth-order valence-electron chi connectivity index (χ4n) is 3.33. The number of carbonyl (C=O) groups is 1. The molecule has 0 aliphatic carbocycles. The Balaban J connectivity index is 1.43. The number of benzene rings is 2. The summed E-state index contributed by atoms with van der Waals surface area (Å²) in [5.74, 6) is 1.79. The predicted molar refractivity (Wildman–Crippen MR) is 112 cm³/mol. The number of aromatic nitrogens is 4. The molecule has 2 aromatic heterocycles. The molecule has 0 saturated heterocycles. The van der Waals surface area contributed by atoms with Crippen molar-refractivity contribution in [3.8, 4) is 5.69 Å². The van der Waals surface area contributed by atoms with Crippen LogP contribution in [0.2, 0.25) is 0 Å². The van der Waals surface area contributed by atoms with Gasteiger partial charge in [0, 0.05) is 43.4 Å². The molecule has 146 valence electrons. The van der Waals surface area contributed by atoms with Crippen LogP contribution >= 0.6 is 0 Å². The molecule has 4 aromatic rings. The van der Waals surface area contributed by atoms with Crippen molar-refractivity contribution in [3.63, 3.8) is 0 Å². The van der Waals surface area contributed by atoms with Gasteiger partial charge in [0.25, 0.3) is 5.91 Å². The van der Waals surface area contributed by atoms with Crippen molar-refractivity contribution in [1.29, 1.82) is 0 Å². The van der Waals surface area contributed by atoms with Crippen LogP contribution in [-0.2, 0) is 13.1 Å². The smallest absolute Gasteiger partial charge is 0.251 e. The summed E-state index contributed by atoms with van der Waals surface area (Å²) in [6.45, 7) is 5.13. The summed E-state index contributed by atoms with van der Waals surface area (Å²) >= 11 is 0. The van der Waals surface area contributed by atoms with E-state index in [-0.39, 0.29) is 5.91 Å². The molecule has 1 amide bonds. The third-order valence-corrected chi connectivity index (χ3v) is 5.01. The first-order valence-electron chi connectivity index (χ1n) is 9.55. The van der Waals surface area contributed by atoms with E-state index < -0.39 is 0 Å². The molecular weight excluding hydrogens is 362 g/mol. The normalized spacial score (nSPS) is 10.8. The lowest BCUT2D eigenvalue weighted by Gasteiger charge is -2.13. The highest BCUT2D eigenvalue weighted by Crippen LogP contribution is 2.16. The summed E-state index contributed by atoms with van der Waals surface area (Å²) in [5, 5.41) is 3.02. The van der Waals surface area contributed by atoms with Crippen LogP contribution in [0.4, 0.5) is 0 Å². The summed E-state index contributed by atoms with van der Waals surface area (Å²) in [7, 11) is 0. The Morgan fingerprint density at radius 1 is 0.931 bits per heavy atom. The zero-order chi connectivity index (χ0) is 20.2. The van der Waals surface area contributed by atoms with E-state index in [1.807, 2.05) is 79.3 Å². The zero-order valence-corrected chi connectivity index (χ0v) is 16.5. The van der Waals surface area contributed by atoms with Crippen LogP contribution in [0.3, 0.4) is 0 Å². The van der Waals surface area contributed by atoms with Crippen molar-refractivity contribution >= 4 is 5.91 Å². The molecular formula is C23H23N5O. The molecule has 1 N–H and O–H groups in total. The van der Waals surface area contributed by atoms with Gasteiger partial charge in [-0.15, -0.1) is 0 Å². The van der Waals surface area contributed by atoms with Gasteiger partial charge in [-0.1, -0.05) is 30.3 Å². The number of rotatable bonds is 6. The van der Waals surface area contributed by atoms with Gasteiger partial charge >= 0.3 is 0 Å². The zero-order valence-electron chi connectivity index (χ0n) is 16.5. The standard InChI is InChI=1S/C23H23N5O/c1-17-24-11-13-27(17)16-19-7-9-20(10-8-19)23(29)26-15-21-5-3-4-6-22(21)28-14-12-25-18(28)2/h3-14H,15-16H2,1-2H3,(H,26,29). The first-order valence-corrected chi connectivity index (χ1v) is 9.55. The van der Waals surface area contributed by atoms with Gasteiger partial charge in [-0.3, -0.25) is 4.79 Å². The van der Waals surface area contributed by atoms with Crippen LogP contribution in [0.1, 0.15) is 33.1 Å². The second-order valence-corrected chi connectivity index (χ2v) is 6.96. The first kappa shape index (κ1) is 18.7. The summed E-state index contributed by atoms with van der Waals surface area (Å²) < 4.78 is 4.10. The summed E-state index contributed by atoms with van der Waals surface area (Å²) in [6, 6.07) is 15.7. The molecule has 6 nitrogen and oxygen atoms in total. The topological polar surface area (TPSA) is 64.7 Å². The maximum absolute atomic E-state index is 12.6. The number of hydrogen-bond acceptors (Lipinski definition) is 3. The molecule has 0 spiro atoms. The van der Waals surface area contributed by atoms with Gasteiger partial charge in [-0.25, -0.2) is 9.97 Å². The highest BCUT2D eigenvalue weighted by molar-refractivity contribution is 5.94. The average molecular weight is 385 g/mol. The first-order chi connectivity index (χ1) is 14.1. The maximum atomic E-state index is 12.6. The predicted octanol–water partition coefficient (Wildman–Crippen LogP) is 3.66. The van der Waals surface area contributed by atoms with Crippen LogP contribution in [-0.4, -0.2) is 25.0 Å². The molecule has 0 saturated carbocycles. The summed E-state index contributed by atoms with van der Waals surface area (Å²) in [5.41, 5.74) is 3.83. The minimum Gasteiger partial charge on any atom is -0.348 e. The number of imidazole rings is 2. The highest BCUT2D eigenvalue weighted by Gasteiger charge is 2.10. The number of nitrogens with zero attached hydrogens (tertiary/aromatic N) is 4. The van der Waals surface area contributed by atoms with E-state index in [1.165, 1.54) is 0 Å². The van der Waals surface area contributed by atoms with Gasteiger partial charge in [-0.05, 0) is 43.2 Å². The van der Waals surface area contributed by atoms with E-state index in [0.717, 1.165) is 35.0 Å². The van der Waals surface area contributed by atoms with Crippen LogP contribution < -0.4 is 5.32 Å². The minimum atomic E-state index is -0.0903. The van der Waals surface area contributed by atoms with Crippen LogP contribution in [0, 0.1) is 13.8 Å². The Kier molecular flexibility index (Phi) is 5.24. The van der Waals surface area contributed by atoms with Crippen LogP contribution in [0.25, 0.3) is 5.69 Å². The highest BCUT2D eigenvalue weighted by atomic mass is 16.1. The largest absolute Gasteiger partial charge is 0.348 e. The number of hydrogen-bond donors (Lipinski definition) is 1. The van der Waals surface area contributed by atoms with Crippen molar-refractivity contribution in [2.24, 2.45) is 0 Å². The summed E-state index contributed by atoms with van der Waals surface area (Å²) in [4.78, 5) is 21.1. The van der Waals surface area contributed by atoms with Crippen molar-refractivity contribution < 1.29 is 4.79 Å². The number of carbonyl (C=O) groups excluding carboxylic acids is 1. The molecule has 0 atom stereocenters. The third-order valence-electron chi connectivity index (χ3n) is 5.01. The van der Waals surface area contributed by atoms with Gasteiger partial charge in [0.15, 0.2) is 0 Å². The lowest BCUT2D eigenvalue weighted by Crippen LogP contribution is -2.23. The lowest BCUT2D eigenvalue weighted by molar-refractivity contribution is 0.0951. The van der Waals surface area contributed by atoms with E-state index in [9.17, 15) is 4.79 Å². The Labute approximate surface area is 169 Å². The maximum Gasteiger partial charge on any atom is 0.251 e. The molecule has 0 radical (unpaired) electrons. The summed E-state index contributed by atoms with van der Waals surface area (Å²) in [6.07, 6.45) is 7.45. The van der Waals surface area contributed by atoms with E-state index in [1.54, 1.807) is 12.4 Å². The SMILES string of the molecule is Cc1nccn1Cc1ccc(C(=O)NCc2ccccc2-n2ccnc2C)cc1. The number of aryl methyl sites for hydroxylation is 2. The molecule has 0 aliphatic rings. The van der Waals surface area contributed by atoms with Crippen LogP contribution in [0.15, 0.2) is 73.3 Å². The van der Waals surface area contributed by atoms with Crippen molar-refractivity contribution in [2.45, 2.75) is 26.9 Å². The van der Waals surface area contributed by atoms with Gasteiger partial charge in [0.1, 0.15) is 11.6 Å². The van der Waals surface area contributed by atoms with Gasteiger partial charge < -0.3 is 14.5 Å². The fraction of sp³-hybridized carbons (Fsp3) is 0.174. The second-order valence-electron chi connectivity index (χ2n) is 6.96. The average Bonchev–Trinajstić information content (AvgIpc) is 3.35. The Morgan fingerprint density at radius 2 is 1.66 bits per heavy atom. The van der Waals surface area contributed by atoms with Gasteiger partial charge in [0.05, 0.1) is 5.69 Å². The Bertz CT molecular complexity index is 1120. The molecule has 29 heavy (non-hydrogen) atoms. The third kappa shape index (κ3) is 4.11. The molecule has 0 unspecified atom stereocenters. The van der Waals surface area contributed by atoms with E-state index >= 15 is 0 Å². The number of nitrogens with one attached hydrogen (secondary N) is 1. The van der Waals surface area contributed by atoms with Crippen molar-refractivity contribution in [1.82, 2.24) is 24.4 Å². The number of para-hydroxylation sites is 1. The van der Waals surface area contributed by atoms with E-state index in [0.29, 0.717) is 12.1 Å². The molecule has 2 aromatic carbocycles. The lowest BCUT2D eigenvalue weighted by atomic mass is 10.1. The quantitative estimate of drug-likeness (QED) is 0.551. The van der Waals surface area contributed by atoms with Gasteiger partial charge in [-0.2, -0.15) is 0 Å². The fourth-order valence-corrected chi connectivity index (χ4v) is 3.33. The molecule has 0 fully saturated rings. The van der Waals surface area contributed by atoms with Gasteiger partial charge in [0.2, 0.25) is 0 Å². The second kappa shape index (κ2) is 8.14. The minimum absolute atomic E-state index is 0.0903. The Morgan fingerprint density at radius 3 is 2.34 bits per heavy atom. The van der Waals surface area contributed by atoms with Crippen LogP contribution in [0.5, 0.6) is 0 Å². The Hall–Kier alpha value is -3.67. The van der Waals surface area contributed by atoms with Crippen molar-refractivity contribution in [3.05, 3.63) is 102 Å². The molecule has 0 bridgehead atoms. The molecule has 4 rings (SSSR count). The molecule has 2 heterocycles. The van der Waals surface area contributed by atoms with E-state index in [2.05, 4.69) is 19.9 Å². The van der Waals surface area contributed by atoms with Crippen molar-refractivity contribution in [2.75, 3.05) is 0 Å².